The zero-order valence-electron chi connectivity index (χ0n) is 16.1. The lowest BCUT2D eigenvalue weighted by atomic mass is 9.87. The van der Waals surface area contributed by atoms with Gasteiger partial charge in [-0.15, -0.1) is 0 Å². The largest absolute Gasteiger partial charge is 0.466 e. The van der Waals surface area contributed by atoms with Crippen LogP contribution in [0.15, 0.2) is 59.0 Å². The molecule has 2 rings (SSSR count). The third-order valence-corrected chi connectivity index (χ3v) is 5.77. The van der Waals surface area contributed by atoms with Gasteiger partial charge in [0.05, 0.1) is 19.3 Å². The van der Waals surface area contributed by atoms with E-state index in [-0.39, 0.29) is 23.4 Å². The van der Waals surface area contributed by atoms with Gasteiger partial charge in [-0.3, -0.25) is 0 Å². The molecule has 0 aromatic heterocycles. The van der Waals surface area contributed by atoms with Crippen molar-refractivity contribution >= 4 is 17.7 Å². The maximum absolute atomic E-state index is 11.4. The summed E-state index contributed by atoms with van der Waals surface area (Å²) in [6.45, 7) is 3.84. The van der Waals surface area contributed by atoms with E-state index in [9.17, 15) is 4.79 Å². The summed E-state index contributed by atoms with van der Waals surface area (Å²) in [4.78, 5) is 12.6. The molecule has 1 heterocycles. The molecule has 4 nitrogen and oxygen atoms in total. The van der Waals surface area contributed by atoms with E-state index in [1.807, 2.05) is 24.3 Å². The summed E-state index contributed by atoms with van der Waals surface area (Å²) in [5, 5.41) is 9.13. The first-order valence-electron chi connectivity index (χ1n) is 9.21. The SMILES string of the molecule is COC(=O)/C(C)=C/C=C/[C@@H](C)[C@H]1C[C@@H](CC#N)C[C@H](Sc2ccccc2)O1. The molecule has 0 radical (unpaired) electrons. The van der Waals surface area contributed by atoms with Crippen LogP contribution < -0.4 is 0 Å². The second-order valence-electron chi connectivity index (χ2n) is 6.82. The van der Waals surface area contributed by atoms with Crippen LogP contribution in [0.4, 0.5) is 0 Å². The van der Waals surface area contributed by atoms with E-state index < -0.39 is 0 Å². The number of carbonyl (C=O) groups is 1. The van der Waals surface area contributed by atoms with Crippen molar-refractivity contribution in [2.24, 2.45) is 11.8 Å². The lowest BCUT2D eigenvalue weighted by Gasteiger charge is -2.36. The molecule has 0 bridgehead atoms. The molecule has 1 aromatic rings. The summed E-state index contributed by atoms with van der Waals surface area (Å²) in [6.07, 6.45) is 8.08. The van der Waals surface area contributed by atoms with Crippen LogP contribution in [0.2, 0.25) is 0 Å². The number of benzene rings is 1. The van der Waals surface area contributed by atoms with E-state index in [0.29, 0.717) is 17.9 Å². The number of carbonyl (C=O) groups excluding carboxylic acids is 1. The molecule has 1 aromatic carbocycles. The molecular weight excluding hydrogens is 358 g/mol. The quantitative estimate of drug-likeness (QED) is 0.370. The second kappa shape index (κ2) is 11.0. The summed E-state index contributed by atoms with van der Waals surface area (Å²) in [7, 11) is 1.38. The molecule has 0 N–H and O–H groups in total. The maximum Gasteiger partial charge on any atom is 0.333 e. The van der Waals surface area contributed by atoms with E-state index >= 15 is 0 Å². The highest BCUT2D eigenvalue weighted by atomic mass is 32.2. The molecule has 1 aliphatic heterocycles. The van der Waals surface area contributed by atoms with Gasteiger partial charge in [-0.05, 0) is 37.8 Å². The van der Waals surface area contributed by atoms with Gasteiger partial charge in [0, 0.05) is 22.8 Å². The Morgan fingerprint density at radius 3 is 2.81 bits per heavy atom. The Hall–Kier alpha value is -2.03. The summed E-state index contributed by atoms with van der Waals surface area (Å²) >= 11 is 1.72. The number of hydrogen-bond donors (Lipinski definition) is 0. The number of methoxy groups -OCH3 is 1. The van der Waals surface area contributed by atoms with Crippen LogP contribution in [0.3, 0.4) is 0 Å². The van der Waals surface area contributed by atoms with Crippen molar-refractivity contribution in [2.45, 2.75) is 49.5 Å². The van der Waals surface area contributed by atoms with Crippen LogP contribution in [0.5, 0.6) is 0 Å². The van der Waals surface area contributed by atoms with Crippen molar-refractivity contribution in [3.05, 3.63) is 54.1 Å². The Morgan fingerprint density at radius 2 is 2.15 bits per heavy atom. The fraction of sp³-hybridized carbons (Fsp3) is 0.455. The van der Waals surface area contributed by atoms with Crippen molar-refractivity contribution in [3.63, 3.8) is 0 Å². The number of esters is 1. The maximum atomic E-state index is 11.4. The third-order valence-electron chi connectivity index (χ3n) is 4.66. The smallest absolute Gasteiger partial charge is 0.333 e. The molecule has 0 aliphatic carbocycles. The Labute approximate surface area is 166 Å². The molecule has 5 heteroatoms. The van der Waals surface area contributed by atoms with E-state index in [2.05, 4.69) is 31.2 Å². The zero-order valence-corrected chi connectivity index (χ0v) is 16.9. The molecule has 1 aliphatic rings. The van der Waals surface area contributed by atoms with Crippen molar-refractivity contribution < 1.29 is 14.3 Å². The summed E-state index contributed by atoms with van der Waals surface area (Å²) < 4.78 is 11.0. The first-order valence-corrected chi connectivity index (χ1v) is 10.1. The van der Waals surface area contributed by atoms with Crippen LogP contribution in [0.1, 0.15) is 33.1 Å². The monoisotopic (exact) mass is 385 g/mol. The number of hydrogen-bond acceptors (Lipinski definition) is 5. The number of nitriles is 1. The van der Waals surface area contributed by atoms with E-state index in [0.717, 1.165) is 12.8 Å². The topological polar surface area (TPSA) is 59.3 Å². The molecule has 0 amide bonds. The van der Waals surface area contributed by atoms with Crippen molar-refractivity contribution in [1.82, 2.24) is 0 Å². The zero-order chi connectivity index (χ0) is 19.6. The number of nitrogens with zero attached hydrogens (tertiary/aromatic N) is 1. The fourth-order valence-electron chi connectivity index (χ4n) is 3.09. The van der Waals surface area contributed by atoms with Gasteiger partial charge in [0.25, 0.3) is 0 Å². The molecule has 0 spiro atoms. The molecule has 0 saturated carbocycles. The number of allylic oxidation sites excluding steroid dienone is 2. The van der Waals surface area contributed by atoms with Crippen LogP contribution in [0, 0.1) is 23.2 Å². The summed E-state index contributed by atoms with van der Waals surface area (Å²) in [5.74, 6) is 0.208. The van der Waals surface area contributed by atoms with E-state index in [1.54, 1.807) is 24.8 Å². The third kappa shape index (κ3) is 6.89. The first-order chi connectivity index (χ1) is 13.0. The molecule has 1 saturated heterocycles. The van der Waals surface area contributed by atoms with Crippen LogP contribution >= 0.6 is 11.8 Å². The van der Waals surface area contributed by atoms with Gasteiger partial charge >= 0.3 is 5.97 Å². The van der Waals surface area contributed by atoms with Gasteiger partial charge in [-0.2, -0.15) is 5.26 Å². The van der Waals surface area contributed by atoms with Gasteiger partial charge in [0.15, 0.2) is 0 Å². The normalized spacial score (nSPS) is 24.4. The predicted octanol–water partition coefficient (Wildman–Crippen LogP) is 5.13. The standard InChI is InChI=1S/C22H27NO3S/c1-16(8-7-9-17(2)22(24)25-3)20-14-18(12-13-23)15-21(26-20)27-19-10-5-4-6-11-19/h4-11,16,18,20-21H,12,14-15H2,1-3H3/b8-7+,17-9+/t16-,18-,20-,21+/m1/s1. The molecular formula is C22H27NO3S. The summed E-state index contributed by atoms with van der Waals surface area (Å²) in [5.41, 5.74) is 0.609. The second-order valence-corrected chi connectivity index (χ2v) is 8.05. The van der Waals surface area contributed by atoms with Crippen LogP contribution in [-0.2, 0) is 14.3 Å². The average molecular weight is 386 g/mol. The van der Waals surface area contributed by atoms with Gasteiger partial charge in [0.1, 0.15) is 5.44 Å². The van der Waals surface area contributed by atoms with Gasteiger partial charge in [0.2, 0.25) is 0 Å². The predicted molar refractivity (Wildman–Crippen MR) is 108 cm³/mol. The molecule has 1 fully saturated rings. The minimum atomic E-state index is -0.324. The summed E-state index contributed by atoms with van der Waals surface area (Å²) in [6, 6.07) is 12.5. The Balaban J connectivity index is 2.02. The molecule has 0 unspecified atom stereocenters. The molecule has 144 valence electrons. The van der Waals surface area contributed by atoms with Crippen molar-refractivity contribution in [3.8, 4) is 6.07 Å². The Bertz CT molecular complexity index is 708. The average Bonchev–Trinajstić information content (AvgIpc) is 2.68. The van der Waals surface area contributed by atoms with E-state index in [4.69, 9.17) is 14.7 Å². The number of ether oxygens (including phenoxy) is 2. The van der Waals surface area contributed by atoms with Crippen LogP contribution in [-0.4, -0.2) is 24.6 Å². The van der Waals surface area contributed by atoms with Gasteiger partial charge in [-0.1, -0.05) is 55.1 Å². The lowest BCUT2D eigenvalue weighted by molar-refractivity contribution is -0.136. The highest BCUT2D eigenvalue weighted by Gasteiger charge is 2.32. The fourth-order valence-corrected chi connectivity index (χ4v) is 4.28. The van der Waals surface area contributed by atoms with Crippen molar-refractivity contribution in [2.75, 3.05) is 7.11 Å². The Morgan fingerprint density at radius 1 is 1.41 bits per heavy atom. The molecule has 27 heavy (non-hydrogen) atoms. The van der Waals surface area contributed by atoms with Crippen LogP contribution in [0.25, 0.3) is 0 Å². The van der Waals surface area contributed by atoms with Gasteiger partial charge < -0.3 is 9.47 Å². The van der Waals surface area contributed by atoms with Crippen molar-refractivity contribution in [1.29, 1.82) is 5.26 Å². The van der Waals surface area contributed by atoms with Gasteiger partial charge in [-0.25, -0.2) is 4.79 Å². The minimum absolute atomic E-state index is 0.0488. The number of rotatable bonds is 7. The highest BCUT2D eigenvalue weighted by Crippen LogP contribution is 2.38. The number of thioether (sulfide) groups is 1. The lowest BCUT2D eigenvalue weighted by Crippen LogP contribution is -2.34. The minimum Gasteiger partial charge on any atom is -0.466 e. The highest BCUT2D eigenvalue weighted by molar-refractivity contribution is 7.99. The first kappa shape index (κ1) is 21.3. The Kier molecular flexibility index (Phi) is 8.63. The molecule has 4 atom stereocenters. The van der Waals surface area contributed by atoms with E-state index in [1.165, 1.54) is 12.0 Å².